The first kappa shape index (κ1) is 15.5. The smallest absolute Gasteiger partial charge is 0.229 e. The summed E-state index contributed by atoms with van der Waals surface area (Å²) < 4.78 is 0. The number of nitrogens with zero attached hydrogens (tertiary/aromatic N) is 2. The molecule has 0 unspecified atom stereocenters. The minimum atomic E-state index is 0.185. The highest BCUT2D eigenvalue weighted by Gasteiger charge is 2.32. The Morgan fingerprint density at radius 1 is 1.12 bits per heavy atom. The van der Waals surface area contributed by atoms with Gasteiger partial charge in [-0.05, 0) is 29.9 Å². The molecule has 3 nitrogen and oxygen atoms in total. The molecule has 0 atom stereocenters. The number of hydrogen-bond donors (Lipinski definition) is 0. The van der Waals surface area contributed by atoms with E-state index in [1.807, 2.05) is 34.5 Å². The zero-order valence-electron chi connectivity index (χ0n) is 13.2. The quantitative estimate of drug-likeness (QED) is 0.648. The van der Waals surface area contributed by atoms with Gasteiger partial charge in [-0.2, -0.15) is 0 Å². The zero-order valence-corrected chi connectivity index (χ0v) is 14.9. The minimum Gasteiger partial charge on any atom is -0.335 e. The van der Waals surface area contributed by atoms with Crippen LogP contribution < -0.4 is 0 Å². The van der Waals surface area contributed by atoms with E-state index in [4.69, 9.17) is 0 Å². The van der Waals surface area contributed by atoms with Crippen LogP contribution in [0.4, 0.5) is 0 Å². The highest BCUT2D eigenvalue weighted by molar-refractivity contribution is 7.20. The number of carbonyl (C=O) groups excluding carboxylic acids is 1. The van der Waals surface area contributed by atoms with E-state index in [0.29, 0.717) is 19.0 Å². The van der Waals surface area contributed by atoms with Gasteiger partial charge in [0.1, 0.15) is 5.01 Å². The van der Waals surface area contributed by atoms with E-state index in [-0.39, 0.29) is 5.91 Å². The van der Waals surface area contributed by atoms with Crippen molar-refractivity contribution in [2.75, 3.05) is 0 Å². The second-order valence-electron chi connectivity index (χ2n) is 6.04. The minimum absolute atomic E-state index is 0.185. The summed E-state index contributed by atoms with van der Waals surface area (Å²) in [4.78, 5) is 20.6. The molecule has 1 amide bonds. The van der Waals surface area contributed by atoms with Crippen LogP contribution in [-0.2, 0) is 17.8 Å². The molecule has 0 bridgehead atoms. The lowest BCUT2D eigenvalue weighted by atomic mass is 10.2. The second kappa shape index (κ2) is 6.87. The van der Waals surface area contributed by atoms with Gasteiger partial charge in [0, 0.05) is 18.0 Å². The van der Waals surface area contributed by atoms with E-state index in [0.717, 1.165) is 23.5 Å². The molecule has 1 saturated carbocycles. The molecule has 2 aromatic heterocycles. The first-order valence-corrected chi connectivity index (χ1v) is 9.87. The molecule has 3 aromatic rings. The average molecular weight is 355 g/mol. The predicted octanol–water partition coefficient (Wildman–Crippen LogP) is 4.61. The topological polar surface area (TPSA) is 33.2 Å². The van der Waals surface area contributed by atoms with Crippen molar-refractivity contribution in [3.05, 3.63) is 64.5 Å². The largest absolute Gasteiger partial charge is 0.335 e. The fourth-order valence-corrected chi connectivity index (χ4v) is 4.38. The number of carbonyl (C=O) groups is 1. The summed E-state index contributed by atoms with van der Waals surface area (Å²) in [6.07, 6.45) is 2.64. The lowest BCUT2D eigenvalue weighted by Crippen LogP contribution is -2.33. The van der Waals surface area contributed by atoms with Gasteiger partial charge in [0.15, 0.2) is 0 Å². The molecule has 0 aliphatic heterocycles. The Morgan fingerprint density at radius 3 is 2.67 bits per heavy atom. The Bertz CT molecular complexity index is 807. The van der Waals surface area contributed by atoms with E-state index >= 15 is 0 Å². The predicted molar refractivity (Wildman–Crippen MR) is 99.1 cm³/mol. The summed E-state index contributed by atoms with van der Waals surface area (Å²) in [6.45, 7) is 0.701. The van der Waals surface area contributed by atoms with Crippen LogP contribution in [0.25, 0.3) is 9.88 Å². The third-order valence-electron chi connectivity index (χ3n) is 4.12. The number of thiazole rings is 1. The Kier molecular flexibility index (Phi) is 4.45. The average Bonchev–Trinajstić information content (AvgIpc) is 3.09. The Hall–Kier alpha value is -1.98. The molecule has 1 aliphatic rings. The van der Waals surface area contributed by atoms with Crippen molar-refractivity contribution in [2.24, 2.45) is 0 Å². The standard InChI is InChI=1S/C19H18N2OS2/c22-18(11-15-13-24-19(20-15)17-7-4-10-23-17)21(16-8-9-16)12-14-5-2-1-3-6-14/h1-7,10,13,16H,8-9,11-12H2. The summed E-state index contributed by atoms with van der Waals surface area (Å²) in [7, 11) is 0. The molecule has 1 aromatic carbocycles. The van der Waals surface area contributed by atoms with E-state index in [2.05, 4.69) is 28.6 Å². The fourth-order valence-electron chi connectivity index (χ4n) is 2.75. The molecular formula is C19H18N2OS2. The molecule has 24 heavy (non-hydrogen) atoms. The lowest BCUT2D eigenvalue weighted by Gasteiger charge is -2.22. The monoisotopic (exact) mass is 354 g/mol. The van der Waals surface area contributed by atoms with E-state index in [1.165, 1.54) is 10.4 Å². The molecule has 1 aliphatic carbocycles. The number of benzene rings is 1. The van der Waals surface area contributed by atoms with Crippen LogP contribution in [0.3, 0.4) is 0 Å². The molecule has 0 N–H and O–H groups in total. The van der Waals surface area contributed by atoms with Crippen molar-refractivity contribution >= 4 is 28.6 Å². The third kappa shape index (κ3) is 3.57. The summed E-state index contributed by atoms with van der Waals surface area (Å²) in [5.74, 6) is 0.185. The van der Waals surface area contributed by atoms with Crippen molar-refractivity contribution in [3.8, 4) is 9.88 Å². The lowest BCUT2D eigenvalue weighted by molar-refractivity contribution is -0.131. The van der Waals surface area contributed by atoms with Gasteiger partial charge >= 0.3 is 0 Å². The number of thiophene rings is 1. The molecule has 0 saturated heterocycles. The maximum Gasteiger partial charge on any atom is 0.229 e. The Balaban J connectivity index is 1.45. The maximum atomic E-state index is 12.8. The highest BCUT2D eigenvalue weighted by Crippen LogP contribution is 2.30. The molecule has 5 heteroatoms. The maximum absolute atomic E-state index is 12.8. The molecule has 122 valence electrons. The van der Waals surface area contributed by atoms with Gasteiger partial charge in [-0.15, -0.1) is 22.7 Å². The van der Waals surface area contributed by atoms with Crippen molar-refractivity contribution in [1.82, 2.24) is 9.88 Å². The second-order valence-corrected chi connectivity index (χ2v) is 7.84. The highest BCUT2D eigenvalue weighted by atomic mass is 32.1. The summed E-state index contributed by atoms with van der Waals surface area (Å²) >= 11 is 3.30. The van der Waals surface area contributed by atoms with E-state index in [1.54, 1.807) is 22.7 Å². The third-order valence-corrected chi connectivity index (χ3v) is 6.05. The van der Waals surface area contributed by atoms with Crippen LogP contribution >= 0.6 is 22.7 Å². The summed E-state index contributed by atoms with van der Waals surface area (Å²) in [6, 6.07) is 14.7. The number of hydrogen-bond acceptors (Lipinski definition) is 4. The molecule has 0 spiro atoms. The number of aromatic nitrogens is 1. The first-order chi connectivity index (χ1) is 11.8. The molecular weight excluding hydrogens is 336 g/mol. The molecule has 4 rings (SSSR count). The van der Waals surface area contributed by atoms with E-state index in [9.17, 15) is 4.79 Å². The van der Waals surface area contributed by atoms with Crippen LogP contribution in [-0.4, -0.2) is 21.8 Å². The van der Waals surface area contributed by atoms with Crippen LogP contribution in [0.2, 0.25) is 0 Å². The van der Waals surface area contributed by atoms with E-state index < -0.39 is 0 Å². The van der Waals surface area contributed by atoms with Crippen molar-refractivity contribution < 1.29 is 4.79 Å². The van der Waals surface area contributed by atoms with Crippen molar-refractivity contribution in [2.45, 2.75) is 31.8 Å². The van der Waals surface area contributed by atoms with Gasteiger partial charge < -0.3 is 4.90 Å². The fraction of sp³-hybridized carbons (Fsp3) is 0.263. The molecule has 0 radical (unpaired) electrons. The normalized spacial score (nSPS) is 13.8. The van der Waals surface area contributed by atoms with Crippen LogP contribution in [0.1, 0.15) is 24.1 Å². The molecule has 2 heterocycles. The first-order valence-electron chi connectivity index (χ1n) is 8.11. The van der Waals surface area contributed by atoms with Gasteiger partial charge in [0.25, 0.3) is 0 Å². The number of rotatable bonds is 6. The van der Waals surface area contributed by atoms with Crippen LogP contribution in [0.5, 0.6) is 0 Å². The summed E-state index contributed by atoms with van der Waals surface area (Å²) in [5.41, 5.74) is 2.07. The van der Waals surface area contributed by atoms with Gasteiger partial charge in [-0.1, -0.05) is 36.4 Å². The zero-order chi connectivity index (χ0) is 16.4. The van der Waals surface area contributed by atoms with Gasteiger partial charge in [0.2, 0.25) is 5.91 Å². The number of amides is 1. The summed E-state index contributed by atoms with van der Waals surface area (Å²) in [5, 5.41) is 5.07. The van der Waals surface area contributed by atoms with Crippen molar-refractivity contribution in [3.63, 3.8) is 0 Å². The van der Waals surface area contributed by atoms with Gasteiger partial charge in [-0.25, -0.2) is 4.98 Å². The van der Waals surface area contributed by atoms with Crippen molar-refractivity contribution in [1.29, 1.82) is 0 Å². The SMILES string of the molecule is O=C(Cc1csc(-c2cccs2)n1)N(Cc1ccccc1)C1CC1. The Morgan fingerprint density at radius 2 is 1.96 bits per heavy atom. The van der Waals surface area contributed by atoms with Crippen LogP contribution in [0, 0.1) is 0 Å². The molecule has 1 fully saturated rings. The van der Waals surface area contributed by atoms with Crippen LogP contribution in [0.15, 0.2) is 53.2 Å². The van der Waals surface area contributed by atoms with Gasteiger partial charge in [0.05, 0.1) is 17.0 Å². The Labute approximate surface area is 149 Å². The van der Waals surface area contributed by atoms with Gasteiger partial charge in [-0.3, -0.25) is 4.79 Å².